The van der Waals surface area contributed by atoms with Crippen LogP contribution in [0.15, 0.2) is 36.5 Å². The Kier molecular flexibility index (Phi) is 4.55. The molecule has 21 heavy (non-hydrogen) atoms. The number of nitrogens with one attached hydrogen (secondary N) is 1. The topological polar surface area (TPSA) is 42.0 Å². The molecule has 0 fully saturated rings. The number of halogens is 2. The Balaban J connectivity index is 2.27. The zero-order chi connectivity index (χ0) is 15.6. The average Bonchev–Trinajstić information content (AvgIpc) is 2.42. The fourth-order valence-electron chi connectivity index (χ4n) is 1.77. The van der Waals surface area contributed by atoms with Crippen LogP contribution >= 0.6 is 23.2 Å². The normalized spacial score (nSPS) is 11.3. The van der Waals surface area contributed by atoms with Gasteiger partial charge < -0.3 is 5.32 Å². The minimum Gasteiger partial charge on any atom is -0.321 e. The summed E-state index contributed by atoms with van der Waals surface area (Å²) in [7, 11) is 0. The summed E-state index contributed by atoms with van der Waals surface area (Å²) in [5.41, 5.74) is 1.76. The summed E-state index contributed by atoms with van der Waals surface area (Å²) in [5.74, 6) is -0.243. The van der Waals surface area contributed by atoms with Crippen molar-refractivity contribution >= 4 is 34.8 Å². The van der Waals surface area contributed by atoms with Gasteiger partial charge in [-0.2, -0.15) is 0 Å². The Labute approximate surface area is 134 Å². The van der Waals surface area contributed by atoms with Crippen LogP contribution in [0.2, 0.25) is 10.0 Å². The molecule has 1 N–H and O–H groups in total. The third-order valence-electron chi connectivity index (χ3n) is 2.97. The van der Waals surface area contributed by atoms with E-state index in [-0.39, 0.29) is 11.3 Å². The predicted octanol–water partition coefficient (Wildman–Crippen LogP) is 4.94. The van der Waals surface area contributed by atoms with Crippen molar-refractivity contribution in [2.45, 2.75) is 26.2 Å². The summed E-state index contributed by atoms with van der Waals surface area (Å²) in [6.07, 6.45) is 1.63. The highest BCUT2D eigenvalue weighted by atomic mass is 35.5. The van der Waals surface area contributed by atoms with Crippen LogP contribution in [0, 0.1) is 0 Å². The summed E-state index contributed by atoms with van der Waals surface area (Å²) in [6, 6.07) is 8.39. The molecule has 110 valence electrons. The molecule has 5 heteroatoms. The number of pyridine rings is 1. The molecule has 0 saturated carbocycles. The van der Waals surface area contributed by atoms with Crippen molar-refractivity contribution in [3.63, 3.8) is 0 Å². The summed E-state index contributed by atoms with van der Waals surface area (Å²) >= 11 is 12.0. The molecule has 0 radical (unpaired) electrons. The Morgan fingerprint density at radius 2 is 1.86 bits per heavy atom. The largest absolute Gasteiger partial charge is 0.321 e. The molecule has 0 aliphatic carbocycles. The average molecular weight is 323 g/mol. The molecule has 1 heterocycles. The van der Waals surface area contributed by atoms with Gasteiger partial charge in [0.05, 0.1) is 10.7 Å². The quantitative estimate of drug-likeness (QED) is 0.850. The van der Waals surface area contributed by atoms with Crippen LogP contribution in [0.3, 0.4) is 0 Å². The lowest BCUT2D eigenvalue weighted by molar-refractivity contribution is 0.102. The molecule has 2 aromatic rings. The Morgan fingerprint density at radius 1 is 1.14 bits per heavy atom. The fraction of sp³-hybridized carbons (Fsp3) is 0.250. The van der Waals surface area contributed by atoms with Crippen LogP contribution in [-0.2, 0) is 5.41 Å². The number of nitrogens with zero attached hydrogens (tertiary/aromatic N) is 1. The van der Waals surface area contributed by atoms with Gasteiger partial charge in [-0.05, 0) is 30.3 Å². The van der Waals surface area contributed by atoms with Crippen LogP contribution in [-0.4, -0.2) is 10.9 Å². The highest BCUT2D eigenvalue weighted by molar-refractivity contribution is 6.35. The van der Waals surface area contributed by atoms with E-state index in [9.17, 15) is 4.79 Å². The van der Waals surface area contributed by atoms with E-state index in [4.69, 9.17) is 23.2 Å². The lowest BCUT2D eigenvalue weighted by atomic mass is 9.91. The van der Waals surface area contributed by atoms with Gasteiger partial charge >= 0.3 is 0 Å². The second-order valence-corrected chi connectivity index (χ2v) is 6.60. The fourth-order valence-corrected chi connectivity index (χ4v) is 2.11. The van der Waals surface area contributed by atoms with Gasteiger partial charge in [-0.1, -0.05) is 44.0 Å². The summed E-state index contributed by atoms with van der Waals surface area (Å²) in [6.45, 7) is 6.14. The first-order valence-electron chi connectivity index (χ1n) is 6.50. The SMILES string of the molecule is CC(C)(C)c1cc(C(=O)Nc2cc(Cl)ccc2Cl)ccn1. The van der Waals surface area contributed by atoms with Gasteiger partial charge in [-0.15, -0.1) is 0 Å². The molecule has 0 aliphatic rings. The van der Waals surface area contributed by atoms with Gasteiger partial charge in [0.1, 0.15) is 0 Å². The number of hydrogen-bond donors (Lipinski definition) is 1. The molecule has 0 bridgehead atoms. The van der Waals surface area contributed by atoms with Crippen LogP contribution in [0.1, 0.15) is 36.8 Å². The van der Waals surface area contributed by atoms with Crippen LogP contribution in [0.25, 0.3) is 0 Å². The molecule has 0 spiro atoms. The number of anilines is 1. The number of rotatable bonds is 2. The number of hydrogen-bond acceptors (Lipinski definition) is 2. The van der Waals surface area contributed by atoms with Gasteiger partial charge in [0.25, 0.3) is 5.91 Å². The second-order valence-electron chi connectivity index (χ2n) is 5.76. The molecule has 1 amide bonds. The van der Waals surface area contributed by atoms with Crippen LogP contribution in [0.4, 0.5) is 5.69 Å². The van der Waals surface area contributed by atoms with E-state index in [0.29, 0.717) is 21.3 Å². The van der Waals surface area contributed by atoms with Crippen molar-refractivity contribution in [3.8, 4) is 0 Å². The van der Waals surface area contributed by atoms with E-state index in [1.54, 1.807) is 36.5 Å². The van der Waals surface area contributed by atoms with Gasteiger partial charge in [-0.25, -0.2) is 0 Å². The summed E-state index contributed by atoms with van der Waals surface area (Å²) < 4.78 is 0. The summed E-state index contributed by atoms with van der Waals surface area (Å²) in [4.78, 5) is 16.6. The van der Waals surface area contributed by atoms with Gasteiger partial charge in [0, 0.05) is 27.9 Å². The number of carbonyl (C=O) groups is 1. The Morgan fingerprint density at radius 3 is 2.52 bits per heavy atom. The Bertz CT molecular complexity index is 678. The molecule has 1 aromatic heterocycles. The molecular formula is C16H16Cl2N2O. The van der Waals surface area contributed by atoms with E-state index in [2.05, 4.69) is 10.3 Å². The standard InChI is InChI=1S/C16H16Cl2N2O/c1-16(2,3)14-8-10(6-7-19-14)15(21)20-13-9-11(17)4-5-12(13)18/h4-9H,1-3H3,(H,20,21). The van der Waals surface area contributed by atoms with Gasteiger partial charge in [0.2, 0.25) is 0 Å². The third-order valence-corrected chi connectivity index (χ3v) is 3.53. The highest BCUT2D eigenvalue weighted by Crippen LogP contribution is 2.26. The lowest BCUT2D eigenvalue weighted by Gasteiger charge is -2.18. The van der Waals surface area contributed by atoms with Crippen LogP contribution in [0.5, 0.6) is 0 Å². The molecule has 0 saturated heterocycles. The smallest absolute Gasteiger partial charge is 0.255 e. The zero-order valence-electron chi connectivity index (χ0n) is 12.1. The first-order valence-corrected chi connectivity index (χ1v) is 7.26. The molecular weight excluding hydrogens is 307 g/mol. The second kappa shape index (κ2) is 6.04. The van der Waals surface area contributed by atoms with E-state index < -0.39 is 0 Å². The molecule has 3 nitrogen and oxygen atoms in total. The molecule has 0 unspecified atom stereocenters. The van der Waals surface area contributed by atoms with E-state index in [0.717, 1.165) is 5.69 Å². The number of aromatic nitrogens is 1. The number of benzene rings is 1. The van der Waals surface area contributed by atoms with Gasteiger partial charge in [-0.3, -0.25) is 9.78 Å². The molecule has 0 aliphatic heterocycles. The summed E-state index contributed by atoms with van der Waals surface area (Å²) in [5, 5.41) is 3.72. The third kappa shape index (κ3) is 3.96. The van der Waals surface area contributed by atoms with Crippen molar-refractivity contribution in [3.05, 3.63) is 57.8 Å². The molecule has 1 aromatic carbocycles. The first-order chi connectivity index (χ1) is 9.77. The van der Waals surface area contributed by atoms with Crippen molar-refractivity contribution in [1.82, 2.24) is 4.98 Å². The number of carbonyl (C=O) groups excluding carboxylic acids is 1. The predicted molar refractivity (Wildman–Crippen MR) is 87.4 cm³/mol. The Hall–Kier alpha value is -1.58. The maximum atomic E-state index is 12.3. The molecule has 0 atom stereocenters. The van der Waals surface area contributed by atoms with E-state index >= 15 is 0 Å². The lowest BCUT2D eigenvalue weighted by Crippen LogP contribution is -2.17. The minimum absolute atomic E-state index is 0.121. The number of amides is 1. The maximum absolute atomic E-state index is 12.3. The van der Waals surface area contributed by atoms with Crippen molar-refractivity contribution in [2.75, 3.05) is 5.32 Å². The van der Waals surface area contributed by atoms with Crippen molar-refractivity contribution < 1.29 is 4.79 Å². The van der Waals surface area contributed by atoms with E-state index in [1.165, 1.54) is 0 Å². The van der Waals surface area contributed by atoms with E-state index in [1.807, 2.05) is 20.8 Å². The first kappa shape index (κ1) is 15.8. The molecule has 2 rings (SSSR count). The van der Waals surface area contributed by atoms with Gasteiger partial charge in [0.15, 0.2) is 0 Å². The van der Waals surface area contributed by atoms with Crippen molar-refractivity contribution in [2.24, 2.45) is 0 Å². The zero-order valence-corrected chi connectivity index (χ0v) is 13.6. The minimum atomic E-state index is -0.243. The van der Waals surface area contributed by atoms with Crippen LogP contribution < -0.4 is 5.32 Å². The monoisotopic (exact) mass is 322 g/mol. The highest BCUT2D eigenvalue weighted by Gasteiger charge is 2.17. The van der Waals surface area contributed by atoms with Crippen molar-refractivity contribution in [1.29, 1.82) is 0 Å². The maximum Gasteiger partial charge on any atom is 0.255 e.